The molecule has 1 aliphatic rings. The maximum absolute atomic E-state index is 11.8. The van der Waals surface area contributed by atoms with E-state index in [0.717, 1.165) is 12.5 Å². The minimum Gasteiger partial charge on any atom is -0.550 e. The Balaban J connectivity index is 2.08. The molecule has 5 atom stereocenters. The number of ether oxygens (including phenoxy) is 3. The van der Waals surface area contributed by atoms with Gasteiger partial charge in [0, 0.05) is 36.3 Å². The van der Waals surface area contributed by atoms with Crippen LogP contribution in [0.3, 0.4) is 0 Å². The van der Waals surface area contributed by atoms with Crippen LogP contribution in [0.15, 0.2) is 42.5 Å². The molecule has 0 amide bonds. The topological polar surface area (TPSA) is 165 Å². The second-order valence-electron chi connectivity index (χ2n) is 9.69. The molecule has 2 aromatic carbocycles. The number of rotatable bonds is 13. The van der Waals surface area contributed by atoms with E-state index in [9.17, 15) is 34.5 Å². The number of benzene rings is 2. The lowest BCUT2D eigenvalue weighted by molar-refractivity contribution is -0.318. The summed E-state index contributed by atoms with van der Waals surface area (Å²) < 4.78 is 17.0. The standard InChI is InChI=1S/C29H33ClO10/c1-3-38-24-7-5-4-6-17(24)10-19-11-18(8-9-23(19)30)29-22(14-28(36)37)20(12-26(32)33)21(13-27(34)35)25(40-29)15-39-16(2)31/h4-9,11,20-22,25,29H,3,10,12-15H2,1-2H3,(H,32,33)(H,34,35)(H,36,37)/p-3/t20-,21+,22-,25-,29+/m0/s1. The van der Waals surface area contributed by atoms with Crippen molar-refractivity contribution in [2.24, 2.45) is 17.8 Å². The number of aliphatic carboxylic acids is 3. The highest BCUT2D eigenvalue weighted by molar-refractivity contribution is 6.31. The minimum atomic E-state index is -1.49. The van der Waals surface area contributed by atoms with Crippen molar-refractivity contribution < 1.29 is 48.7 Å². The molecule has 0 saturated carbocycles. The van der Waals surface area contributed by atoms with Gasteiger partial charge in [0.15, 0.2) is 0 Å². The lowest BCUT2D eigenvalue weighted by Gasteiger charge is -2.48. The second-order valence-corrected chi connectivity index (χ2v) is 10.1. The van der Waals surface area contributed by atoms with E-state index in [1.807, 2.05) is 31.2 Å². The van der Waals surface area contributed by atoms with Crippen LogP contribution in [0.5, 0.6) is 5.75 Å². The molecule has 1 heterocycles. The van der Waals surface area contributed by atoms with Gasteiger partial charge in [-0.25, -0.2) is 0 Å². The summed E-state index contributed by atoms with van der Waals surface area (Å²) in [6, 6.07) is 12.4. The van der Waals surface area contributed by atoms with E-state index in [0.29, 0.717) is 34.9 Å². The van der Waals surface area contributed by atoms with Gasteiger partial charge in [0.1, 0.15) is 12.4 Å². The minimum absolute atomic E-state index is 0.368. The number of carboxylic acid groups (broad SMARTS) is 3. The summed E-state index contributed by atoms with van der Waals surface area (Å²) in [5.74, 6) is -7.49. The van der Waals surface area contributed by atoms with Gasteiger partial charge in [0.2, 0.25) is 0 Å². The molecule has 0 bridgehead atoms. The van der Waals surface area contributed by atoms with Crippen molar-refractivity contribution in [3.63, 3.8) is 0 Å². The zero-order valence-electron chi connectivity index (χ0n) is 22.1. The van der Waals surface area contributed by atoms with Crippen molar-refractivity contribution in [3.8, 4) is 5.75 Å². The zero-order valence-corrected chi connectivity index (χ0v) is 22.9. The molecular formula is C29H30ClO10-3. The van der Waals surface area contributed by atoms with Crippen molar-refractivity contribution in [3.05, 3.63) is 64.2 Å². The van der Waals surface area contributed by atoms with E-state index in [1.54, 1.807) is 18.2 Å². The maximum atomic E-state index is 11.8. The number of para-hydroxylation sites is 1. The van der Waals surface area contributed by atoms with Crippen LogP contribution >= 0.6 is 11.6 Å². The van der Waals surface area contributed by atoms with Gasteiger partial charge >= 0.3 is 5.97 Å². The SMILES string of the molecule is CCOc1ccccc1Cc1cc([C@H]2O[C@@H](COC(C)=O)[C@H](CC(=O)[O-])[C@H](CC(=O)[O-])[C@@H]2CC(=O)[O-])ccc1Cl. The Morgan fingerprint density at radius 2 is 1.50 bits per heavy atom. The first-order chi connectivity index (χ1) is 19.0. The van der Waals surface area contributed by atoms with E-state index in [4.69, 9.17) is 25.8 Å². The molecule has 40 heavy (non-hydrogen) atoms. The Morgan fingerprint density at radius 1 is 0.875 bits per heavy atom. The number of hydrogen-bond acceptors (Lipinski definition) is 10. The van der Waals surface area contributed by atoms with Crippen LogP contribution in [0, 0.1) is 17.8 Å². The Labute approximate surface area is 236 Å². The number of carbonyl (C=O) groups is 4. The largest absolute Gasteiger partial charge is 0.550 e. The summed E-state index contributed by atoms with van der Waals surface area (Å²) in [7, 11) is 0. The molecule has 1 fully saturated rings. The number of carbonyl (C=O) groups excluding carboxylic acids is 4. The Bertz CT molecular complexity index is 1230. The summed E-state index contributed by atoms with van der Waals surface area (Å²) in [5.41, 5.74) is 2.02. The fourth-order valence-electron chi connectivity index (χ4n) is 5.38. The Kier molecular flexibility index (Phi) is 10.9. The highest BCUT2D eigenvalue weighted by Gasteiger charge is 2.46. The van der Waals surface area contributed by atoms with Crippen molar-refractivity contribution in [2.75, 3.05) is 13.2 Å². The van der Waals surface area contributed by atoms with Gasteiger partial charge in [-0.3, -0.25) is 4.79 Å². The van der Waals surface area contributed by atoms with Crippen LogP contribution < -0.4 is 20.1 Å². The number of carboxylic acids is 3. The molecule has 0 unspecified atom stereocenters. The first kappa shape index (κ1) is 30.9. The van der Waals surface area contributed by atoms with Crippen LogP contribution in [-0.2, 0) is 35.1 Å². The quantitative estimate of drug-likeness (QED) is 0.310. The molecule has 0 radical (unpaired) electrons. The van der Waals surface area contributed by atoms with E-state index in [1.165, 1.54) is 0 Å². The lowest BCUT2D eigenvalue weighted by atomic mass is 9.68. The monoisotopic (exact) mass is 573 g/mol. The Hall–Kier alpha value is -3.63. The summed E-state index contributed by atoms with van der Waals surface area (Å²) in [4.78, 5) is 46.7. The predicted octanol–water partition coefficient (Wildman–Crippen LogP) is 0.601. The first-order valence-corrected chi connectivity index (χ1v) is 13.2. The molecule has 0 N–H and O–H groups in total. The van der Waals surface area contributed by atoms with Gasteiger partial charge in [0.25, 0.3) is 0 Å². The molecule has 1 saturated heterocycles. The summed E-state index contributed by atoms with van der Waals surface area (Å²) in [6.07, 6.45) is -3.61. The van der Waals surface area contributed by atoms with Crippen LogP contribution in [0.2, 0.25) is 5.02 Å². The average molecular weight is 574 g/mol. The molecular weight excluding hydrogens is 544 g/mol. The maximum Gasteiger partial charge on any atom is 0.302 e. The molecule has 0 aromatic heterocycles. The molecule has 0 spiro atoms. The van der Waals surface area contributed by atoms with Crippen molar-refractivity contribution in [1.29, 1.82) is 0 Å². The van der Waals surface area contributed by atoms with Crippen LogP contribution in [0.4, 0.5) is 0 Å². The number of esters is 1. The van der Waals surface area contributed by atoms with Gasteiger partial charge in [-0.15, -0.1) is 0 Å². The second kappa shape index (κ2) is 14.1. The smallest absolute Gasteiger partial charge is 0.302 e. The highest BCUT2D eigenvalue weighted by atomic mass is 35.5. The van der Waals surface area contributed by atoms with Crippen molar-refractivity contribution in [1.82, 2.24) is 0 Å². The van der Waals surface area contributed by atoms with Gasteiger partial charge in [-0.05, 0) is 72.8 Å². The van der Waals surface area contributed by atoms with Gasteiger partial charge < -0.3 is 43.9 Å². The molecule has 0 aliphatic carbocycles. The van der Waals surface area contributed by atoms with Crippen LogP contribution in [-0.4, -0.2) is 43.2 Å². The van der Waals surface area contributed by atoms with Crippen LogP contribution in [0.1, 0.15) is 55.9 Å². The molecule has 3 rings (SSSR count). The highest BCUT2D eigenvalue weighted by Crippen LogP contribution is 2.48. The van der Waals surface area contributed by atoms with Crippen molar-refractivity contribution >= 4 is 35.5 Å². The Morgan fingerprint density at radius 3 is 2.12 bits per heavy atom. The third kappa shape index (κ3) is 8.19. The fraction of sp³-hybridized carbons (Fsp3) is 0.448. The van der Waals surface area contributed by atoms with Gasteiger partial charge in [-0.1, -0.05) is 41.9 Å². The molecule has 10 nitrogen and oxygen atoms in total. The van der Waals surface area contributed by atoms with Gasteiger partial charge in [-0.2, -0.15) is 0 Å². The van der Waals surface area contributed by atoms with Gasteiger partial charge in [0.05, 0.1) is 18.8 Å². The predicted molar refractivity (Wildman–Crippen MR) is 135 cm³/mol. The van der Waals surface area contributed by atoms with Crippen LogP contribution in [0.25, 0.3) is 0 Å². The number of halogens is 1. The first-order valence-electron chi connectivity index (χ1n) is 12.9. The third-order valence-electron chi connectivity index (χ3n) is 7.00. The normalized spacial score (nSPS) is 22.3. The summed E-state index contributed by atoms with van der Waals surface area (Å²) in [5, 5.41) is 35.6. The van der Waals surface area contributed by atoms with E-state index in [-0.39, 0.29) is 6.61 Å². The number of hydrogen-bond donors (Lipinski definition) is 0. The summed E-state index contributed by atoms with van der Waals surface area (Å²) >= 11 is 6.52. The molecule has 11 heteroatoms. The van der Waals surface area contributed by atoms with E-state index in [2.05, 4.69) is 0 Å². The van der Waals surface area contributed by atoms with E-state index < -0.39 is 73.1 Å². The molecule has 2 aromatic rings. The lowest BCUT2D eigenvalue weighted by Crippen LogP contribution is -2.50. The summed E-state index contributed by atoms with van der Waals surface area (Å²) in [6.45, 7) is 3.12. The third-order valence-corrected chi connectivity index (χ3v) is 7.37. The fourth-order valence-corrected chi connectivity index (χ4v) is 5.56. The van der Waals surface area contributed by atoms with E-state index >= 15 is 0 Å². The van der Waals surface area contributed by atoms with Crippen molar-refractivity contribution in [2.45, 2.75) is 51.7 Å². The zero-order chi connectivity index (χ0) is 29.4. The average Bonchev–Trinajstić information content (AvgIpc) is 2.87. The molecule has 216 valence electrons. The molecule has 1 aliphatic heterocycles.